The maximum atomic E-state index is 10.2. The summed E-state index contributed by atoms with van der Waals surface area (Å²) < 4.78 is 8.29. The number of benzene rings is 3. The lowest BCUT2D eigenvalue weighted by Gasteiger charge is -2.07. The number of rotatable bonds is 1. The summed E-state index contributed by atoms with van der Waals surface area (Å²) in [4.78, 5) is 4.68. The summed E-state index contributed by atoms with van der Waals surface area (Å²) in [5, 5.41) is 14.5. The molecule has 3 aromatic carbocycles. The average Bonchev–Trinajstić information content (AvgIpc) is 3.23. The van der Waals surface area contributed by atoms with E-state index in [0.29, 0.717) is 0 Å². The molecular weight excluding hydrogens is 347 g/mol. The van der Waals surface area contributed by atoms with E-state index in [1.165, 1.54) is 5.46 Å². The molecular formula is C23H15BN2O2. The predicted octanol–water partition coefficient (Wildman–Crippen LogP) is 4.04. The van der Waals surface area contributed by atoms with Crippen LogP contribution in [0.5, 0.6) is 5.75 Å². The van der Waals surface area contributed by atoms with Gasteiger partial charge in [0.15, 0.2) is 11.4 Å². The Kier molecular flexibility index (Phi) is 2.96. The van der Waals surface area contributed by atoms with Crippen LogP contribution in [0.2, 0.25) is 0 Å². The van der Waals surface area contributed by atoms with E-state index in [-0.39, 0.29) is 5.75 Å². The van der Waals surface area contributed by atoms with Gasteiger partial charge in [0.05, 0.1) is 11.0 Å². The minimum Gasteiger partial charge on any atom is -0.508 e. The second kappa shape index (κ2) is 5.39. The molecule has 1 N–H and O–H groups in total. The molecule has 0 aliphatic carbocycles. The average molecular weight is 362 g/mol. The third kappa shape index (κ3) is 1.98. The van der Waals surface area contributed by atoms with Gasteiger partial charge in [-0.25, -0.2) is 4.98 Å². The molecule has 28 heavy (non-hydrogen) atoms. The van der Waals surface area contributed by atoms with Crippen LogP contribution in [0, 0.1) is 0 Å². The quantitative estimate of drug-likeness (QED) is 0.449. The second-order valence-electron chi connectivity index (χ2n) is 7.17. The van der Waals surface area contributed by atoms with Gasteiger partial charge in [0.2, 0.25) is 0 Å². The molecule has 0 aliphatic heterocycles. The topological polar surface area (TPSA) is 51.2 Å². The van der Waals surface area contributed by atoms with Gasteiger partial charge in [-0.1, -0.05) is 35.8 Å². The maximum absolute atomic E-state index is 10.2. The molecule has 0 bridgehead atoms. The summed E-state index contributed by atoms with van der Waals surface area (Å²) in [5.41, 5.74) is 4.71. The lowest BCUT2D eigenvalue weighted by Crippen LogP contribution is -2.01. The summed E-state index contributed by atoms with van der Waals surface area (Å²) in [5.74, 6) is 0.952. The number of phenolic OH excluding ortho intramolecular Hbond substituents is 1. The number of furan rings is 1. The van der Waals surface area contributed by atoms with E-state index in [1.807, 2.05) is 36.5 Å². The molecule has 0 saturated carbocycles. The third-order valence-electron chi connectivity index (χ3n) is 5.39. The largest absolute Gasteiger partial charge is 0.508 e. The number of para-hydroxylation sites is 1. The van der Waals surface area contributed by atoms with Crippen molar-refractivity contribution in [2.75, 3.05) is 0 Å². The predicted molar refractivity (Wildman–Crippen MR) is 116 cm³/mol. The summed E-state index contributed by atoms with van der Waals surface area (Å²) in [6.07, 6.45) is 1.81. The van der Waals surface area contributed by atoms with Gasteiger partial charge in [0, 0.05) is 33.8 Å². The number of hydrogen-bond donors (Lipinski definition) is 1. The molecule has 5 heteroatoms. The van der Waals surface area contributed by atoms with E-state index in [0.717, 1.165) is 49.6 Å². The molecule has 0 atom stereocenters. The number of aromatic hydroxyl groups is 1. The van der Waals surface area contributed by atoms with E-state index >= 15 is 0 Å². The van der Waals surface area contributed by atoms with Crippen LogP contribution in [-0.4, -0.2) is 22.5 Å². The minimum atomic E-state index is 0.227. The number of fused-ring (bicyclic) bond motifs is 6. The molecule has 6 aromatic rings. The molecule has 0 saturated heterocycles. The first-order chi connectivity index (χ1) is 13.7. The van der Waals surface area contributed by atoms with Crippen molar-refractivity contribution >= 4 is 57.1 Å². The standard InChI is InChI=1S/C23H15BN2O2/c24-13-5-8-19-18(11-13)15-7-6-14(27)12-20(15)26(19)23-22-17(9-10-25-23)16-3-1-2-4-21(16)28-22/h1-12,27H,24H2. The van der Waals surface area contributed by atoms with E-state index in [2.05, 4.69) is 41.7 Å². The molecule has 0 aliphatic rings. The lowest BCUT2D eigenvalue weighted by atomic mass is 9.94. The van der Waals surface area contributed by atoms with Crippen LogP contribution < -0.4 is 5.46 Å². The number of nitrogens with zero attached hydrogens (tertiary/aromatic N) is 2. The molecule has 6 rings (SSSR count). The van der Waals surface area contributed by atoms with Crippen LogP contribution in [0.4, 0.5) is 0 Å². The van der Waals surface area contributed by atoms with E-state index < -0.39 is 0 Å². The monoisotopic (exact) mass is 362 g/mol. The molecule has 3 heterocycles. The maximum Gasteiger partial charge on any atom is 0.181 e. The van der Waals surface area contributed by atoms with Gasteiger partial charge in [0.1, 0.15) is 19.2 Å². The Labute approximate surface area is 161 Å². The Bertz CT molecular complexity index is 1550. The Hall–Kier alpha value is -3.73. The van der Waals surface area contributed by atoms with Gasteiger partial charge in [0.25, 0.3) is 0 Å². The van der Waals surface area contributed by atoms with Gasteiger partial charge in [-0.2, -0.15) is 0 Å². The van der Waals surface area contributed by atoms with E-state index in [9.17, 15) is 5.11 Å². The smallest absolute Gasteiger partial charge is 0.181 e. The first-order valence-electron chi connectivity index (χ1n) is 9.21. The zero-order chi connectivity index (χ0) is 18.8. The van der Waals surface area contributed by atoms with Crippen LogP contribution in [0.1, 0.15) is 0 Å². The summed E-state index contributed by atoms with van der Waals surface area (Å²) in [7, 11) is 2.08. The molecule has 0 unspecified atom stereocenters. The molecule has 132 valence electrons. The molecule has 0 radical (unpaired) electrons. The van der Waals surface area contributed by atoms with Crippen LogP contribution in [-0.2, 0) is 0 Å². The van der Waals surface area contributed by atoms with Crippen LogP contribution in [0.3, 0.4) is 0 Å². The van der Waals surface area contributed by atoms with Gasteiger partial charge in [-0.05, 0) is 30.3 Å². The normalized spacial score (nSPS) is 11.9. The first kappa shape index (κ1) is 15.3. The highest BCUT2D eigenvalue weighted by atomic mass is 16.3. The van der Waals surface area contributed by atoms with E-state index in [4.69, 9.17) is 4.42 Å². The van der Waals surface area contributed by atoms with Crippen LogP contribution in [0.15, 0.2) is 77.3 Å². The molecule has 0 amide bonds. The fraction of sp³-hybridized carbons (Fsp3) is 0. The number of aromatic nitrogens is 2. The van der Waals surface area contributed by atoms with Crippen molar-refractivity contribution in [3.63, 3.8) is 0 Å². The fourth-order valence-electron chi connectivity index (χ4n) is 4.15. The number of hydrogen-bond acceptors (Lipinski definition) is 3. The summed E-state index contributed by atoms with van der Waals surface area (Å²) in [6.45, 7) is 0. The highest BCUT2D eigenvalue weighted by molar-refractivity contribution is 6.34. The highest BCUT2D eigenvalue weighted by Crippen LogP contribution is 2.37. The first-order valence-corrected chi connectivity index (χ1v) is 9.21. The minimum absolute atomic E-state index is 0.227. The van der Waals surface area contributed by atoms with Crippen molar-refractivity contribution in [3.8, 4) is 11.6 Å². The molecule has 3 aromatic heterocycles. The van der Waals surface area contributed by atoms with Gasteiger partial charge in [-0.15, -0.1) is 0 Å². The van der Waals surface area contributed by atoms with Crippen molar-refractivity contribution in [1.82, 2.24) is 9.55 Å². The zero-order valence-corrected chi connectivity index (χ0v) is 15.2. The Balaban J connectivity index is 1.83. The van der Waals surface area contributed by atoms with Crippen molar-refractivity contribution in [2.24, 2.45) is 0 Å². The van der Waals surface area contributed by atoms with Crippen molar-refractivity contribution < 1.29 is 9.52 Å². The Morgan fingerprint density at radius 1 is 0.821 bits per heavy atom. The van der Waals surface area contributed by atoms with Crippen molar-refractivity contribution in [2.45, 2.75) is 0 Å². The molecule has 4 nitrogen and oxygen atoms in total. The Morgan fingerprint density at radius 2 is 1.71 bits per heavy atom. The van der Waals surface area contributed by atoms with Crippen LogP contribution in [0.25, 0.3) is 49.6 Å². The summed E-state index contributed by atoms with van der Waals surface area (Å²) >= 11 is 0. The second-order valence-corrected chi connectivity index (χ2v) is 7.17. The fourth-order valence-corrected chi connectivity index (χ4v) is 4.15. The third-order valence-corrected chi connectivity index (χ3v) is 5.39. The van der Waals surface area contributed by atoms with Gasteiger partial charge < -0.3 is 9.52 Å². The van der Waals surface area contributed by atoms with Gasteiger partial charge >= 0.3 is 0 Å². The zero-order valence-electron chi connectivity index (χ0n) is 15.2. The summed E-state index contributed by atoms with van der Waals surface area (Å²) in [6, 6.07) is 21.8. The lowest BCUT2D eigenvalue weighted by molar-refractivity contribution is 0.476. The van der Waals surface area contributed by atoms with Crippen molar-refractivity contribution in [1.29, 1.82) is 0 Å². The number of phenols is 1. The highest BCUT2D eigenvalue weighted by Gasteiger charge is 2.18. The SMILES string of the molecule is Bc1ccc2c(c1)c1ccc(O)cc1n2-c1nccc2c1oc1ccccc12. The molecule has 0 spiro atoms. The van der Waals surface area contributed by atoms with Gasteiger partial charge in [-0.3, -0.25) is 4.57 Å². The van der Waals surface area contributed by atoms with Crippen molar-refractivity contribution in [3.05, 3.63) is 72.9 Å². The Morgan fingerprint density at radius 3 is 2.64 bits per heavy atom. The van der Waals surface area contributed by atoms with E-state index in [1.54, 1.807) is 12.1 Å². The number of pyridine rings is 1. The molecule has 0 fully saturated rings. The van der Waals surface area contributed by atoms with Crippen LogP contribution >= 0.6 is 0 Å².